The Hall–Kier alpha value is -0.930. The molecule has 0 aromatic heterocycles. The van der Waals surface area contributed by atoms with Crippen LogP contribution in [0.25, 0.3) is 11.1 Å². The van der Waals surface area contributed by atoms with Crippen molar-refractivity contribution in [2.75, 3.05) is 0 Å². The van der Waals surface area contributed by atoms with Crippen LogP contribution in [0.1, 0.15) is 10.4 Å². The van der Waals surface area contributed by atoms with E-state index in [1.807, 2.05) is 0 Å². The van der Waals surface area contributed by atoms with Gasteiger partial charge in [-0.3, -0.25) is 0 Å². The summed E-state index contributed by atoms with van der Waals surface area (Å²) in [6, 6.07) is 7.58. The summed E-state index contributed by atoms with van der Waals surface area (Å²) >= 11 is 24.0. The second-order valence-corrected chi connectivity index (χ2v) is 5.29. The molecule has 0 saturated carbocycles. The lowest BCUT2D eigenvalue weighted by Crippen LogP contribution is -1.96. The maximum atomic E-state index is 11.0. The average molecular weight is 336 g/mol. The molecular formula is C13H6Cl4O2. The molecule has 0 unspecified atom stereocenters. The van der Waals surface area contributed by atoms with Crippen molar-refractivity contribution < 1.29 is 9.90 Å². The molecule has 98 valence electrons. The highest BCUT2D eigenvalue weighted by Crippen LogP contribution is 2.40. The van der Waals surface area contributed by atoms with Crippen LogP contribution in [0, 0.1) is 0 Å². The van der Waals surface area contributed by atoms with E-state index in [0.717, 1.165) is 0 Å². The Labute approximate surface area is 129 Å². The average Bonchev–Trinajstić information content (AvgIpc) is 2.37. The topological polar surface area (TPSA) is 37.3 Å². The van der Waals surface area contributed by atoms with Crippen molar-refractivity contribution in [1.29, 1.82) is 0 Å². The van der Waals surface area contributed by atoms with E-state index in [9.17, 15) is 4.79 Å². The van der Waals surface area contributed by atoms with Gasteiger partial charge in [0, 0.05) is 16.1 Å². The lowest BCUT2D eigenvalue weighted by atomic mass is 10.0. The smallest absolute Gasteiger partial charge is 0.335 e. The van der Waals surface area contributed by atoms with Crippen LogP contribution < -0.4 is 0 Å². The molecule has 19 heavy (non-hydrogen) atoms. The molecule has 1 N–H and O–H groups in total. The van der Waals surface area contributed by atoms with Crippen LogP contribution in [-0.2, 0) is 0 Å². The Balaban J connectivity index is 2.68. The fraction of sp³-hybridized carbons (Fsp3) is 0. The summed E-state index contributed by atoms with van der Waals surface area (Å²) in [6.45, 7) is 0. The third-order valence-corrected chi connectivity index (χ3v) is 4.16. The SMILES string of the molecule is O=C(O)c1ccc(Cl)c(-c2ccc(Cl)c(Cl)c2Cl)c1. The Morgan fingerprint density at radius 2 is 1.47 bits per heavy atom. The summed E-state index contributed by atoms with van der Waals surface area (Å²) in [7, 11) is 0. The third-order valence-electron chi connectivity index (χ3n) is 2.54. The van der Waals surface area contributed by atoms with E-state index >= 15 is 0 Å². The number of halogens is 4. The molecule has 2 aromatic carbocycles. The molecule has 2 aromatic rings. The molecule has 2 rings (SSSR count). The minimum absolute atomic E-state index is 0.113. The van der Waals surface area contributed by atoms with Gasteiger partial charge in [0.25, 0.3) is 0 Å². The number of aromatic carboxylic acids is 1. The summed E-state index contributed by atoms with van der Waals surface area (Å²) in [5.74, 6) is -1.05. The minimum atomic E-state index is -1.05. The molecule has 0 spiro atoms. The van der Waals surface area contributed by atoms with E-state index in [1.54, 1.807) is 12.1 Å². The predicted molar refractivity (Wildman–Crippen MR) is 78.9 cm³/mol. The molecule has 0 bridgehead atoms. The van der Waals surface area contributed by atoms with E-state index in [0.29, 0.717) is 21.2 Å². The molecule has 0 radical (unpaired) electrons. The summed E-state index contributed by atoms with van der Waals surface area (Å²) < 4.78 is 0. The Morgan fingerprint density at radius 3 is 2.11 bits per heavy atom. The zero-order valence-corrected chi connectivity index (χ0v) is 12.3. The first-order valence-electron chi connectivity index (χ1n) is 5.08. The van der Waals surface area contributed by atoms with Gasteiger partial charge in [0.05, 0.1) is 20.6 Å². The molecule has 0 aliphatic heterocycles. The first-order chi connectivity index (χ1) is 8.91. The number of carboxylic acids is 1. The Bertz CT molecular complexity index is 668. The van der Waals surface area contributed by atoms with Gasteiger partial charge in [-0.15, -0.1) is 0 Å². The summed E-state index contributed by atoms with van der Waals surface area (Å²) in [4.78, 5) is 11.0. The Morgan fingerprint density at radius 1 is 0.842 bits per heavy atom. The van der Waals surface area contributed by atoms with Crippen LogP contribution in [-0.4, -0.2) is 11.1 Å². The molecule has 2 nitrogen and oxygen atoms in total. The monoisotopic (exact) mass is 334 g/mol. The predicted octanol–water partition coefficient (Wildman–Crippen LogP) is 5.67. The van der Waals surface area contributed by atoms with Gasteiger partial charge in [0.2, 0.25) is 0 Å². The van der Waals surface area contributed by atoms with Crippen molar-refractivity contribution in [2.45, 2.75) is 0 Å². The molecule has 0 aliphatic carbocycles. The van der Waals surface area contributed by atoms with Gasteiger partial charge in [-0.2, -0.15) is 0 Å². The molecule has 0 heterocycles. The number of hydrogen-bond donors (Lipinski definition) is 1. The van der Waals surface area contributed by atoms with Gasteiger partial charge in [0.15, 0.2) is 0 Å². The lowest BCUT2D eigenvalue weighted by molar-refractivity contribution is 0.0697. The Kier molecular flexibility index (Phi) is 4.26. The van der Waals surface area contributed by atoms with Crippen molar-refractivity contribution in [3.63, 3.8) is 0 Å². The van der Waals surface area contributed by atoms with Crippen molar-refractivity contribution in [2.24, 2.45) is 0 Å². The van der Waals surface area contributed by atoms with Gasteiger partial charge in [-0.1, -0.05) is 52.5 Å². The maximum absolute atomic E-state index is 11.0. The molecule has 0 atom stereocenters. The fourth-order valence-corrected chi connectivity index (χ4v) is 2.46. The van der Waals surface area contributed by atoms with Crippen LogP contribution in [0.4, 0.5) is 0 Å². The van der Waals surface area contributed by atoms with Gasteiger partial charge in [0.1, 0.15) is 0 Å². The van der Waals surface area contributed by atoms with E-state index in [1.165, 1.54) is 18.2 Å². The van der Waals surface area contributed by atoms with Crippen LogP contribution in [0.2, 0.25) is 20.1 Å². The zero-order valence-electron chi connectivity index (χ0n) is 9.25. The second kappa shape index (κ2) is 5.59. The largest absolute Gasteiger partial charge is 0.478 e. The van der Waals surface area contributed by atoms with Crippen molar-refractivity contribution in [1.82, 2.24) is 0 Å². The highest BCUT2D eigenvalue weighted by Gasteiger charge is 2.15. The standard InChI is InChI=1S/C13H6Cl4O2/c14-9-3-1-6(13(18)19)5-8(9)7-2-4-10(15)12(17)11(7)16/h1-5H,(H,18,19). The van der Waals surface area contributed by atoms with Crippen LogP contribution in [0.3, 0.4) is 0 Å². The van der Waals surface area contributed by atoms with Crippen LogP contribution in [0.5, 0.6) is 0 Å². The summed E-state index contributed by atoms with van der Waals surface area (Å²) in [6.07, 6.45) is 0. The van der Waals surface area contributed by atoms with E-state index in [-0.39, 0.29) is 15.6 Å². The second-order valence-electron chi connectivity index (χ2n) is 3.72. The van der Waals surface area contributed by atoms with Crippen molar-refractivity contribution >= 4 is 52.4 Å². The first kappa shape index (κ1) is 14.5. The number of carbonyl (C=O) groups is 1. The number of carboxylic acid groups (broad SMARTS) is 1. The quantitative estimate of drug-likeness (QED) is 0.718. The normalized spacial score (nSPS) is 10.5. The van der Waals surface area contributed by atoms with Crippen molar-refractivity contribution in [3.8, 4) is 11.1 Å². The van der Waals surface area contributed by atoms with Crippen molar-refractivity contribution in [3.05, 3.63) is 56.0 Å². The summed E-state index contributed by atoms with van der Waals surface area (Å²) in [5, 5.41) is 10.1. The van der Waals surface area contributed by atoms with E-state index < -0.39 is 5.97 Å². The molecule has 0 aliphatic rings. The summed E-state index contributed by atoms with van der Waals surface area (Å²) in [5.41, 5.74) is 1.14. The third kappa shape index (κ3) is 2.82. The van der Waals surface area contributed by atoms with Gasteiger partial charge in [-0.05, 0) is 24.3 Å². The number of hydrogen-bond acceptors (Lipinski definition) is 1. The van der Waals surface area contributed by atoms with Crippen LogP contribution in [0.15, 0.2) is 30.3 Å². The van der Waals surface area contributed by atoms with E-state index in [4.69, 9.17) is 51.5 Å². The molecular weight excluding hydrogens is 330 g/mol. The van der Waals surface area contributed by atoms with Gasteiger partial charge < -0.3 is 5.11 Å². The zero-order chi connectivity index (χ0) is 14.2. The van der Waals surface area contributed by atoms with Crippen LogP contribution >= 0.6 is 46.4 Å². The maximum Gasteiger partial charge on any atom is 0.335 e. The minimum Gasteiger partial charge on any atom is -0.478 e. The van der Waals surface area contributed by atoms with Gasteiger partial charge in [-0.25, -0.2) is 4.79 Å². The molecule has 0 fully saturated rings. The lowest BCUT2D eigenvalue weighted by Gasteiger charge is -2.10. The highest BCUT2D eigenvalue weighted by molar-refractivity contribution is 6.49. The molecule has 0 saturated heterocycles. The molecule has 0 amide bonds. The van der Waals surface area contributed by atoms with Gasteiger partial charge >= 0.3 is 5.97 Å². The number of rotatable bonds is 2. The fourth-order valence-electron chi connectivity index (χ4n) is 1.60. The first-order valence-corrected chi connectivity index (χ1v) is 6.59. The number of benzene rings is 2. The molecule has 6 heteroatoms. The highest BCUT2D eigenvalue weighted by atomic mass is 35.5. The van der Waals surface area contributed by atoms with E-state index in [2.05, 4.69) is 0 Å².